The van der Waals surface area contributed by atoms with E-state index >= 15 is 0 Å². The van der Waals surface area contributed by atoms with Gasteiger partial charge in [-0.15, -0.1) is 0 Å². The second-order valence-electron chi connectivity index (χ2n) is 7.67. The number of rotatable bonds is 2. The van der Waals surface area contributed by atoms with Crippen molar-refractivity contribution in [3.8, 4) is 11.1 Å². The second-order valence-corrected chi connectivity index (χ2v) is 7.67. The van der Waals surface area contributed by atoms with E-state index < -0.39 is 0 Å². The summed E-state index contributed by atoms with van der Waals surface area (Å²) in [5.74, 6) is 0.0882. The molecule has 0 atom stereocenters. The molecule has 30 heavy (non-hydrogen) atoms. The van der Waals surface area contributed by atoms with Crippen LogP contribution in [0.3, 0.4) is 0 Å². The van der Waals surface area contributed by atoms with Crippen LogP contribution in [-0.2, 0) is 0 Å². The lowest BCUT2D eigenvalue weighted by Crippen LogP contribution is -2.26. The van der Waals surface area contributed by atoms with Crippen LogP contribution >= 0.6 is 0 Å². The Morgan fingerprint density at radius 3 is 2.03 bits per heavy atom. The van der Waals surface area contributed by atoms with E-state index in [9.17, 15) is 0 Å². The lowest BCUT2D eigenvalue weighted by Gasteiger charge is -2.19. The van der Waals surface area contributed by atoms with Crippen LogP contribution in [-0.4, -0.2) is 10.4 Å². The number of hydrogen-bond acceptors (Lipinski definition) is 1. The predicted molar refractivity (Wildman–Crippen MR) is 120 cm³/mol. The molecule has 4 heteroatoms. The van der Waals surface area contributed by atoms with Crippen LogP contribution in [0.1, 0.15) is 22.7 Å². The van der Waals surface area contributed by atoms with E-state index in [4.69, 9.17) is 10.9 Å². The number of hydrogen-bond donors (Lipinski definition) is 2. The van der Waals surface area contributed by atoms with Gasteiger partial charge in [-0.3, -0.25) is 5.41 Å². The predicted octanol–water partition coefficient (Wildman–Crippen LogP) is 4.95. The number of aromatic nitrogens is 1. The lowest BCUT2D eigenvalue weighted by atomic mass is 10.0. The van der Waals surface area contributed by atoms with Gasteiger partial charge in [-0.05, 0) is 46.5 Å². The van der Waals surface area contributed by atoms with Crippen molar-refractivity contribution in [1.82, 2.24) is 4.57 Å². The van der Waals surface area contributed by atoms with Crippen molar-refractivity contribution in [2.24, 2.45) is 5.11 Å². The summed E-state index contributed by atoms with van der Waals surface area (Å²) in [5, 5.41) is 13.9. The first kappa shape index (κ1) is 16.9. The number of nitrogens with two attached hydrogens (primary N) is 1. The Hall–Kier alpha value is -4.05. The summed E-state index contributed by atoms with van der Waals surface area (Å²) in [6.07, 6.45) is 0. The smallest absolute Gasteiger partial charge is 0.218 e. The Morgan fingerprint density at radius 2 is 1.33 bits per heavy atom. The molecule has 0 amide bonds. The van der Waals surface area contributed by atoms with E-state index in [1.807, 2.05) is 12.1 Å². The Morgan fingerprint density at radius 1 is 0.733 bits per heavy atom. The van der Waals surface area contributed by atoms with Crippen molar-refractivity contribution < 1.29 is 5.53 Å². The van der Waals surface area contributed by atoms with Gasteiger partial charge in [-0.2, -0.15) is 5.53 Å². The molecule has 1 aromatic heterocycles. The highest BCUT2D eigenvalue weighted by molar-refractivity contribution is 6.11. The van der Waals surface area contributed by atoms with Gasteiger partial charge in [-0.25, -0.2) is 0 Å². The maximum atomic E-state index is 8.03. The molecule has 5 aromatic rings. The molecule has 4 nitrogen and oxygen atoms in total. The molecule has 0 bridgehead atoms. The summed E-state index contributed by atoms with van der Waals surface area (Å²) in [4.78, 5) is 0. The van der Waals surface area contributed by atoms with Crippen LogP contribution in [0.2, 0.25) is 0 Å². The van der Waals surface area contributed by atoms with Crippen molar-refractivity contribution in [1.29, 1.82) is 5.41 Å². The number of para-hydroxylation sites is 1. The third-order valence-corrected chi connectivity index (χ3v) is 6.17. The van der Waals surface area contributed by atoms with Gasteiger partial charge in [0.25, 0.3) is 0 Å². The minimum absolute atomic E-state index is 0.0882. The van der Waals surface area contributed by atoms with Gasteiger partial charge in [0.2, 0.25) is 5.84 Å². The second kappa shape index (κ2) is 6.22. The molecular formula is C26H19N4+. The topological polar surface area (TPSA) is 66.7 Å². The summed E-state index contributed by atoms with van der Waals surface area (Å²) < 4.78 is 2.43. The quantitative estimate of drug-likeness (QED) is 0.240. The van der Waals surface area contributed by atoms with Crippen molar-refractivity contribution in [2.75, 3.05) is 0 Å². The fourth-order valence-corrected chi connectivity index (χ4v) is 4.91. The molecule has 1 aliphatic carbocycles. The first-order valence-electron chi connectivity index (χ1n) is 9.98. The Balaban J connectivity index is 1.73. The normalized spacial score (nSPS) is 12.8. The van der Waals surface area contributed by atoms with E-state index in [1.165, 1.54) is 33.2 Å². The van der Waals surface area contributed by atoms with Crippen molar-refractivity contribution >= 4 is 27.6 Å². The van der Waals surface area contributed by atoms with Crippen molar-refractivity contribution in [3.63, 3.8) is 0 Å². The molecule has 0 aliphatic heterocycles. The number of fused-ring (bicyclic) bond motifs is 6. The van der Waals surface area contributed by atoms with Gasteiger partial charge in [-0.1, -0.05) is 66.7 Å². The number of nitrogens with one attached hydrogen (secondary N) is 1. The number of nitrogens with zero attached hydrogens (tertiary/aromatic N) is 2. The van der Waals surface area contributed by atoms with Crippen molar-refractivity contribution in [2.45, 2.75) is 6.04 Å². The van der Waals surface area contributed by atoms with Gasteiger partial charge in [0.05, 0.1) is 11.6 Å². The summed E-state index contributed by atoms with van der Waals surface area (Å²) in [6.45, 7) is 0. The zero-order valence-corrected chi connectivity index (χ0v) is 16.2. The summed E-state index contributed by atoms with van der Waals surface area (Å²) in [7, 11) is 0. The summed E-state index contributed by atoms with van der Waals surface area (Å²) in [6, 6.07) is 32.0. The number of benzene rings is 4. The van der Waals surface area contributed by atoms with Gasteiger partial charge >= 0.3 is 0 Å². The van der Waals surface area contributed by atoms with Crippen LogP contribution in [0.5, 0.6) is 0 Å². The average molecular weight is 387 g/mol. The highest BCUT2D eigenvalue weighted by Crippen LogP contribution is 2.48. The van der Waals surface area contributed by atoms with Crippen LogP contribution in [0.4, 0.5) is 0 Å². The van der Waals surface area contributed by atoms with Crippen LogP contribution in [0, 0.1) is 5.41 Å². The van der Waals surface area contributed by atoms with Crippen LogP contribution in [0.15, 0.2) is 96.1 Å². The zero-order valence-electron chi connectivity index (χ0n) is 16.2. The highest BCUT2D eigenvalue weighted by atomic mass is 15.0. The van der Waals surface area contributed by atoms with E-state index in [0.717, 1.165) is 16.5 Å². The third-order valence-electron chi connectivity index (χ3n) is 6.17. The van der Waals surface area contributed by atoms with Crippen molar-refractivity contribution in [3.05, 3.63) is 108 Å². The first-order valence-corrected chi connectivity index (χ1v) is 9.98. The largest absolute Gasteiger partial charge is 0.329 e. The van der Waals surface area contributed by atoms with Gasteiger partial charge in [0.1, 0.15) is 0 Å². The first-order chi connectivity index (χ1) is 14.8. The number of amidine groups is 1. The molecule has 0 saturated heterocycles. The minimum Gasteiger partial charge on any atom is -0.329 e. The average Bonchev–Trinajstić information content (AvgIpc) is 3.30. The molecule has 0 radical (unpaired) electrons. The standard InChI is InChI=1S/C26H18N4/c27-26(29-28)16-13-14-24-22(15-16)19-9-5-6-12-23(19)30(24)25-20-10-3-1-7-17(20)18-8-2-4-11-21(18)25/h1-15,25,27-28H/p+1. The SMILES string of the molecule is N=C(N=[NH2+])c1ccc2c(c1)c1ccccc1n2C1c2ccccc2-c2ccccc21. The molecule has 0 saturated carbocycles. The van der Waals surface area contributed by atoms with Crippen LogP contribution in [0.25, 0.3) is 32.9 Å². The fourth-order valence-electron chi connectivity index (χ4n) is 4.91. The van der Waals surface area contributed by atoms with Gasteiger partial charge in [0, 0.05) is 27.0 Å². The summed E-state index contributed by atoms with van der Waals surface area (Å²) in [5.41, 5.74) is 13.6. The van der Waals surface area contributed by atoms with Gasteiger partial charge < -0.3 is 4.57 Å². The van der Waals surface area contributed by atoms with E-state index in [2.05, 4.69) is 88.5 Å². The zero-order chi connectivity index (χ0) is 20.2. The van der Waals surface area contributed by atoms with E-state index in [-0.39, 0.29) is 11.9 Å². The molecule has 4 aromatic carbocycles. The molecule has 6 rings (SSSR count). The highest BCUT2D eigenvalue weighted by Gasteiger charge is 2.31. The lowest BCUT2D eigenvalue weighted by molar-refractivity contribution is -0.207. The molecule has 0 fully saturated rings. The van der Waals surface area contributed by atoms with Gasteiger partial charge in [0.15, 0.2) is 0 Å². The maximum absolute atomic E-state index is 8.03. The Bertz CT molecular complexity index is 1450. The van der Waals surface area contributed by atoms with E-state index in [1.54, 1.807) is 0 Å². The molecule has 3 N–H and O–H groups in total. The fraction of sp³-hybridized carbons (Fsp3) is 0.0385. The van der Waals surface area contributed by atoms with Crippen LogP contribution < -0.4 is 5.53 Å². The third kappa shape index (κ3) is 2.19. The Kier molecular flexibility index (Phi) is 3.50. The molecule has 1 aliphatic rings. The molecule has 0 unspecified atom stereocenters. The molecule has 142 valence electrons. The monoisotopic (exact) mass is 387 g/mol. The maximum Gasteiger partial charge on any atom is 0.218 e. The minimum atomic E-state index is 0.0882. The molecule has 1 heterocycles. The summed E-state index contributed by atoms with van der Waals surface area (Å²) >= 11 is 0. The van der Waals surface area contributed by atoms with E-state index in [0.29, 0.717) is 0 Å². The molecule has 0 spiro atoms. The molecular weight excluding hydrogens is 368 g/mol. The Labute approximate surface area is 173 Å².